The van der Waals surface area contributed by atoms with Crippen molar-refractivity contribution in [1.82, 2.24) is 4.90 Å². The number of nitrogens with one attached hydrogen (secondary N) is 1. The number of hydrogen-bond donors (Lipinski definition) is 1. The van der Waals surface area contributed by atoms with Gasteiger partial charge in [0.2, 0.25) is 0 Å². The van der Waals surface area contributed by atoms with Gasteiger partial charge in [-0.1, -0.05) is 91.0 Å². The summed E-state index contributed by atoms with van der Waals surface area (Å²) in [5.74, 6) is 0.399. The summed E-state index contributed by atoms with van der Waals surface area (Å²) in [6.45, 7) is 2.63. The van der Waals surface area contributed by atoms with Gasteiger partial charge in [-0.05, 0) is 52.5 Å². The molecular weight excluding hydrogens is 495 g/mol. The highest BCUT2D eigenvalue weighted by atomic mass is 31.2. The highest BCUT2D eigenvalue weighted by Crippen LogP contribution is 2.46. The first kappa shape index (κ1) is 25.5. The van der Waals surface area contributed by atoms with Crippen molar-refractivity contribution in [1.29, 1.82) is 0 Å². The number of anilines is 1. The summed E-state index contributed by atoms with van der Waals surface area (Å²) in [5.41, 5.74) is 2.71. The van der Waals surface area contributed by atoms with Gasteiger partial charge in [-0.15, -0.1) is 0 Å². The highest BCUT2D eigenvalue weighted by Gasteiger charge is 2.25. The Balaban J connectivity index is 1.34. The zero-order chi connectivity index (χ0) is 26.5. The van der Waals surface area contributed by atoms with Gasteiger partial charge in [0.15, 0.2) is 0 Å². The van der Waals surface area contributed by atoms with Crippen LogP contribution in [0.4, 0.5) is 10.5 Å². The van der Waals surface area contributed by atoms with Crippen LogP contribution in [0.3, 0.4) is 0 Å². The summed E-state index contributed by atoms with van der Waals surface area (Å²) >= 11 is 0. The van der Waals surface area contributed by atoms with E-state index in [1.807, 2.05) is 92.0 Å². The van der Waals surface area contributed by atoms with Gasteiger partial charge in [0.25, 0.3) is 0 Å². The molecule has 5 aromatic carbocycles. The van der Waals surface area contributed by atoms with E-state index in [0.717, 1.165) is 33.7 Å². The van der Waals surface area contributed by atoms with Gasteiger partial charge in [0, 0.05) is 24.2 Å². The fourth-order valence-corrected chi connectivity index (χ4v) is 5.43. The molecule has 5 aromatic rings. The molecule has 1 unspecified atom stereocenters. The van der Waals surface area contributed by atoms with Gasteiger partial charge in [0.1, 0.15) is 5.75 Å². The quantitative estimate of drug-likeness (QED) is 0.208. The molecule has 0 fully saturated rings. The zero-order valence-electron chi connectivity index (χ0n) is 21.3. The third-order valence-electron chi connectivity index (χ3n) is 6.21. The maximum atomic E-state index is 13.2. The van der Waals surface area contributed by atoms with Crippen molar-refractivity contribution >= 4 is 40.9 Å². The Morgan fingerprint density at radius 2 is 1.42 bits per heavy atom. The van der Waals surface area contributed by atoms with Gasteiger partial charge < -0.3 is 9.05 Å². The summed E-state index contributed by atoms with van der Waals surface area (Å²) in [4.78, 5) is 15.1. The molecule has 0 bridgehead atoms. The third-order valence-corrected chi connectivity index (χ3v) is 7.23. The molecule has 0 saturated carbocycles. The monoisotopic (exact) mass is 524 g/mol. The van der Waals surface area contributed by atoms with E-state index in [1.165, 1.54) is 12.2 Å². The number of rotatable bonds is 8. The first-order valence-corrected chi connectivity index (χ1v) is 14.3. The first-order valence-electron chi connectivity index (χ1n) is 12.4. The fourth-order valence-electron chi connectivity index (χ4n) is 4.53. The van der Waals surface area contributed by atoms with Crippen molar-refractivity contribution in [3.63, 3.8) is 0 Å². The lowest BCUT2D eigenvalue weighted by Gasteiger charge is -2.21. The summed E-state index contributed by atoms with van der Waals surface area (Å²) in [6, 6.07) is 35.2. The van der Waals surface area contributed by atoms with Gasteiger partial charge >= 0.3 is 13.7 Å². The van der Waals surface area contributed by atoms with E-state index in [-0.39, 0.29) is 0 Å². The Kier molecular flexibility index (Phi) is 7.45. The van der Waals surface area contributed by atoms with E-state index in [1.54, 1.807) is 6.07 Å². The lowest BCUT2D eigenvalue weighted by atomic mass is 10.0. The molecule has 0 heterocycles. The zero-order valence-corrected chi connectivity index (χ0v) is 22.2. The Hall–Kier alpha value is -4.12. The van der Waals surface area contributed by atoms with Crippen LogP contribution in [0.2, 0.25) is 0 Å². The van der Waals surface area contributed by atoms with Crippen LogP contribution in [0.15, 0.2) is 109 Å². The second-order valence-electron chi connectivity index (χ2n) is 9.36. The smallest absolute Gasteiger partial charge is 0.415 e. The summed E-state index contributed by atoms with van der Waals surface area (Å²) in [5, 5.41) is 6.58. The van der Waals surface area contributed by atoms with Crippen molar-refractivity contribution in [2.24, 2.45) is 0 Å². The average molecular weight is 525 g/mol. The standard InChI is InChI=1S/C31H29N2O4P/c1-33(21-23-11-4-3-5-12-23)22-27-19-25-14-6-7-15-26(25)20-29(27)32-31(34)37-38(2,35)36-30-18-10-16-24-13-8-9-17-28(24)30/h3-20H,21-22H2,1-2H3,(H,32,34). The number of hydrogen-bond acceptors (Lipinski definition) is 5. The molecule has 192 valence electrons. The molecule has 0 aliphatic carbocycles. The topological polar surface area (TPSA) is 67.9 Å². The van der Waals surface area contributed by atoms with Crippen LogP contribution in [0.1, 0.15) is 11.1 Å². The Labute approximate surface area is 222 Å². The number of carbonyl (C=O) groups excluding carboxylic acids is 1. The molecule has 1 atom stereocenters. The van der Waals surface area contributed by atoms with Gasteiger partial charge in [0.05, 0.1) is 6.66 Å². The minimum atomic E-state index is -3.77. The van der Waals surface area contributed by atoms with E-state index in [4.69, 9.17) is 9.05 Å². The van der Waals surface area contributed by atoms with E-state index in [9.17, 15) is 9.36 Å². The van der Waals surface area contributed by atoms with Crippen molar-refractivity contribution < 1.29 is 18.4 Å². The number of amides is 1. The van der Waals surface area contributed by atoms with Crippen LogP contribution in [-0.4, -0.2) is 24.7 Å². The fraction of sp³-hybridized carbons (Fsp3) is 0.129. The van der Waals surface area contributed by atoms with E-state index >= 15 is 0 Å². The number of fused-ring (bicyclic) bond motifs is 2. The normalized spacial score (nSPS) is 12.8. The lowest BCUT2D eigenvalue weighted by molar-refractivity contribution is 0.209. The van der Waals surface area contributed by atoms with E-state index < -0.39 is 13.7 Å². The van der Waals surface area contributed by atoms with Crippen LogP contribution >= 0.6 is 7.60 Å². The van der Waals surface area contributed by atoms with Crippen molar-refractivity contribution in [3.05, 3.63) is 120 Å². The van der Waals surface area contributed by atoms with Crippen LogP contribution in [0.25, 0.3) is 21.5 Å². The van der Waals surface area contributed by atoms with Crippen molar-refractivity contribution in [2.45, 2.75) is 13.1 Å². The largest absolute Gasteiger partial charge is 0.431 e. The highest BCUT2D eigenvalue weighted by molar-refractivity contribution is 7.54. The Bertz CT molecular complexity index is 1630. The molecule has 1 N–H and O–H groups in total. The van der Waals surface area contributed by atoms with E-state index in [2.05, 4.69) is 28.4 Å². The van der Waals surface area contributed by atoms with Gasteiger partial charge in [-0.3, -0.25) is 10.2 Å². The van der Waals surface area contributed by atoms with Crippen LogP contribution in [0.5, 0.6) is 5.75 Å². The number of benzene rings is 5. The average Bonchev–Trinajstić information content (AvgIpc) is 2.89. The molecule has 38 heavy (non-hydrogen) atoms. The minimum Gasteiger partial charge on any atom is -0.415 e. The molecular formula is C31H29N2O4P. The molecule has 1 amide bonds. The molecule has 0 aliphatic heterocycles. The van der Waals surface area contributed by atoms with Crippen LogP contribution in [-0.2, 0) is 22.2 Å². The first-order chi connectivity index (χ1) is 18.4. The summed E-state index contributed by atoms with van der Waals surface area (Å²) in [7, 11) is -1.74. The maximum Gasteiger partial charge on any atom is 0.431 e. The van der Waals surface area contributed by atoms with E-state index in [0.29, 0.717) is 18.0 Å². The second-order valence-corrected chi connectivity index (χ2v) is 11.3. The SMILES string of the molecule is CN(Cc1ccccc1)Cc1cc2ccccc2cc1NC(=O)OP(C)(=O)Oc1cccc2ccccc12. The predicted molar refractivity (Wildman–Crippen MR) is 154 cm³/mol. The van der Waals surface area contributed by atoms with Crippen LogP contribution < -0.4 is 9.84 Å². The Morgan fingerprint density at radius 3 is 2.18 bits per heavy atom. The Morgan fingerprint density at radius 1 is 0.789 bits per heavy atom. The molecule has 6 nitrogen and oxygen atoms in total. The van der Waals surface area contributed by atoms with Crippen LogP contribution in [0, 0.1) is 0 Å². The maximum absolute atomic E-state index is 13.2. The van der Waals surface area contributed by atoms with Gasteiger partial charge in [-0.2, -0.15) is 0 Å². The molecule has 7 heteroatoms. The number of nitrogens with zero attached hydrogens (tertiary/aromatic N) is 1. The molecule has 0 spiro atoms. The summed E-state index contributed by atoms with van der Waals surface area (Å²) < 4.78 is 24.2. The second kappa shape index (κ2) is 11.1. The molecule has 5 rings (SSSR count). The predicted octanol–water partition coefficient (Wildman–Crippen LogP) is 8.08. The lowest BCUT2D eigenvalue weighted by Crippen LogP contribution is -2.20. The molecule has 0 aliphatic rings. The third kappa shape index (κ3) is 6.23. The van der Waals surface area contributed by atoms with Gasteiger partial charge in [-0.25, -0.2) is 9.36 Å². The molecule has 0 aromatic heterocycles. The minimum absolute atomic E-state index is 0.399. The number of carbonyl (C=O) groups is 1. The van der Waals surface area contributed by atoms with Crippen molar-refractivity contribution in [2.75, 3.05) is 19.0 Å². The van der Waals surface area contributed by atoms with Crippen molar-refractivity contribution in [3.8, 4) is 5.75 Å². The molecule has 0 saturated heterocycles. The molecule has 0 radical (unpaired) electrons. The summed E-state index contributed by atoms with van der Waals surface area (Å²) in [6.07, 6.45) is -0.835.